The van der Waals surface area contributed by atoms with Crippen LogP contribution in [0.2, 0.25) is 0 Å². The molecule has 0 atom stereocenters. The molecule has 0 spiro atoms. The predicted octanol–water partition coefficient (Wildman–Crippen LogP) is 0.555. The minimum absolute atomic E-state index is 0. The van der Waals surface area contributed by atoms with E-state index in [4.69, 9.17) is 20.1 Å². The third-order valence-electron chi connectivity index (χ3n) is 0.827. The summed E-state index contributed by atoms with van der Waals surface area (Å²) in [4.78, 5) is 8.25. The Bertz CT molecular complexity index is 73.7. The molecule has 10 heavy (non-hydrogen) atoms. The van der Waals surface area contributed by atoms with E-state index < -0.39 is 5.09 Å². The summed E-state index contributed by atoms with van der Waals surface area (Å²) in [6.45, 7) is 2.00. The maximum atomic E-state index is 8.25. The first kappa shape index (κ1) is 12.6. The number of ether oxygens (including phenoxy) is 1. The maximum Gasteiger partial charge on any atom is 1.00 e. The van der Waals surface area contributed by atoms with Gasteiger partial charge in [0.25, 0.3) is 0 Å². The molecule has 0 unspecified atom stereocenters. The van der Waals surface area contributed by atoms with Crippen molar-refractivity contribution in [2.45, 2.75) is 12.8 Å². The molecule has 1 saturated heterocycles. The van der Waals surface area contributed by atoms with Gasteiger partial charge in [0.05, 0.1) is 5.09 Å². The Hall–Kier alpha value is -0.0997. The maximum absolute atomic E-state index is 8.25. The average molecular weight is 242 g/mol. The molecule has 0 aromatic heterocycles. The van der Waals surface area contributed by atoms with E-state index in [2.05, 4.69) is 0 Å². The van der Waals surface area contributed by atoms with Gasteiger partial charge in [-0.2, -0.15) is 0 Å². The van der Waals surface area contributed by atoms with Gasteiger partial charge in [-0.3, -0.25) is 0 Å². The molecule has 0 saturated carbocycles. The molecule has 64 valence electrons. The molecule has 1 rings (SSSR count). The van der Waals surface area contributed by atoms with Crippen LogP contribution in [-0.4, -0.2) is 18.3 Å². The Kier molecular flexibility index (Phi) is 11.2. The molecule has 5 nitrogen and oxygen atoms in total. The van der Waals surface area contributed by atoms with Crippen molar-refractivity contribution >= 4 is 0 Å². The van der Waals surface area contributed by atoms with E-state index >= 15 is 0 Å². The van der Waals surface area contributed by atoms with Gasteiger partial charge in [0.2, 0.25) is 0 Å². The average Bonchev–Trinajstić information content (AvgIpc) is 2.11. The van der Waals surface area contributed by atoms with Crippen molar-refractivity contribution in [3.8, 4) is 0 Å². The zero-order chi connectivity index (χ0) is 7.11. The van der Waals surface area contributed by atoms with Crippen molar-refractivity contribution in [3.05, 3.63) is 15.3 Å². The van der Waals surface area contributed by atoms with Crippen LogP contribution in [0.15, 0.2) is 0 Å². The monoisotopic (exact) mass is 241 g/mol. The Morgan fingerprint density at radius 3 is 1.60 bits per heavy atom. The number of rotatable bonds is 0. The van der Waals surface area contributed by atoms with Crippen molar-refractivity contribution < 1.29 is 32.2 Å². The van der Waals surface area contributed by atoms with Gasteiger partial charge in [-0.15, -0.1) is 0 Å². The molecule has 0 aliphatic carbocycles. The third-order valence-corrected chi connectivity index (χ3v) is 0.827. The Morgan fingerprint density at radius 2 is 1.50 bits per heavy atom. The van der Waals surface area contributed by atoms with Gasteiger partial charge in [0.15, 0.2) is 0 Å². The molecule has 1 aliphatic heterocycles. The van der Waals surface area contributed by atoms with Gasteiger partial charge < -0.3 is 20.1 Å². The minimum Gasteiger partial charge on any atom is -0.381 e. The molecule has 0 aromatic rings. The zero-order valence-electron chi connectivity index (χ0n) is 5.21. The van der Waals surface area contributed by atoms with Crippen LogP contribution in [0.25, 0.3) is 0 Å². The summed E-state index contributed by atoms with van der Waals surface area (Å²) in [7, 11) is 0. The first-order valence-corrected chi connectivity index (χ1v) is 2.63. The second-order valence-corrected chi connectivity index (χ2v) is 1.54. The summed E-state index contributed by atoms with van der Waals surface area (Å²) >= 11 is 0. The van der Waals surface area contributed by atoms with Crippen LogP contribution >= 0.6 is 0 Å². The van der Waals surface area contributed by atoms with Crippen LogP contribution < -0.4 is 0 Å². The van der Waals surface area contributed by atoms with E-state index in [-0.39, 0.29) is 22.4 Å². The number of hydrogen-bond acceptors (Lipinski definition) is 4. The number of hydrogen-bond donors (Lipinski definition) is 0. The minimum atomic E-state index is -1.75. The van der Waals surface area contributed by atoms with Crippen molar-refractivity contribution in [1.29, 1.82) is 0 Å². The third kappa shape index (κ3) is 15.7. The molecule has 1 aliphatic rings. The summed E-state index contributed by atoms with van der Waals surface area (Å²) < 4.78 is 4.94. The number of nitrogens with zero attached hydrogens (tertiary/aromatic N) is 1. The van der Waals surface area contributed by atoms with Crippen molar-refractivity contribution in [3.63, 3.8) is 0 Å². The molecular weight excluding hydrogens is 234 g/mol. The van der Waals surface area contributed by atoms with E-state index in [9.17, 15) is 0 Å². The molecule has 1 heterocycles. The SMILES string of the molecule is C1CCOC1.O=[N+]([O-])[O-].[Ag+]. The van der Waals surface area contributed by atoms with E-state index in [0.29, 0.717) is 0 Å². The fraction of sp³-hybridized carbons (Fsp3) is 1.00. The second kappa shape index (κ2) is 8.90. The molecule has 0 bridgehead atoms. The second-order valence-electron chi connectivity index (χ2n) is 1.54. The molecule has 0 N–H and O–H groups in total. The topological polar surface area (TPSA) is 75.4 Å². The van der Waals surface area contributed by atoms with Gasteiger partial charge >= 0.3 is 22.4 Å². The Balaban J connectivity index is 0. The van der Waals surface area contributed by atoms with E-state index in [1.807, 2.05) is 0 Å². The standard InChI is InChI=1S/C4H8O.Ag.NO3/c1-2-4-5-3-1;;2-1(3)4/h1-4H2;;/q;+1;-1. The Morgan fingerprint density at radius 1 is 1.20 bits per heavy atom. The van der Waals surface area contributed by atoms with E-state index in [1.54, 1.807) is 0 Å². The molecule has 0 radical (unpaired) electrons. The van der Waals surface area contributed by atoms with Gasteiger partial charge in [0, 0.05) is 13.2 Å². The zero-order valence-corrected chi connectivity index (χ0v) is 6.69. The normalized spacial score (nSPS) is 14.4. The van der Waals surface area contributed by atoms with Crippen molar-refractivity contribution in [2.24, 2.45) is 0 Å². The van der Waals surface area contributed by atoms with Crippen LogP contribution in [0.3, 0.4) is 0 Å². The van der Waals surface area contributed by atoms with Crippen molar-refractivity contribution in [1.82, 2.24) is 0 Å². The van der Waals surface area contributed by atoms with Crippen LogP contribution in [0, 0.1) is 15.3 Å². The Labute approximate surface area is 74.0 Å². The van der Waals surface area contributed by atoms with E-state index in [1.165, 1.54) is 12.8 Å². The van der Waals surface area contributed by atoms with Gasteiger partial charge in [0.1, 0.15) is 0 Å². The predicted molar refractivity (Wildman–Crippen MR) is 30.4 cm³/mol. The summed E-state index contributed by atoms with van der Waals surface area (Å²) in [5.74, 6) is 0. The van der Waals surface area contributed by atoms with Crippen LogP contribution in [-0.2, 0) is 27.1 Å². The van der Waals surface area contributed by atoms with Gasteiger partial charge in [-0.25, -0.2) is 0 Å². The fourth-order valence-electron chi connectivity index (χ4n) is 0.510. The molecular formula is C4H8AgNO4. The van der Waals surface area contributed by atoms with Gasteiger partial charge in [-0.05, 0) is 12.8 Å². The van der Waals surface area contributed by atoms with Crippen LogP contribution in [0.1, 0.15) is 12.8 Å². The summed E-state index contributed by atoms with van der Waals surface area (Å²) in [5, 5.41) is 14.8. The quantitative estimate of drug-likeness (QED) is 0.353. The molecule has 0 aromatic carbocycles. The van der Waals surface area contributed by atoms with Crippen molar-refractivity contribution in [2.75, 3.05) is 13.2 Å². The molecule has 6 heteroatoms. The molecule has 0 amide bonds. The molecule has 1 fully saturated rings. The summed E-state index contributed by atoms with van der Waals surface area (Å²) in [6, 6.07) is 0. The summed E-state index contributed by atoms with van der Waals surface area (Å²) in [5.41, 5.74) is 0. The van der Waals surface area contributed by atoms with Crippen LogP contribution in [0.5, 0.6) is 0 Å². The summed E-state index contributed by atoms with van der Waals surface area (Å²) in [6.07, 6.45) is 2.56. The fourth-order valence-corrected chi connectivity index (χ4v) is 0.510. The smallest absolute Gasteiger partial charge is 0.381 e. The first-order chi connectivity index (χ1) is 4.23. The van der Waals surface area contributed by atoms with Gasteiger partial charge in [-0.1, -0.05) is 0 Å². The van der Waals surface area contributed by atoms with Crippen LogP contribution in [0.4, 0.5) is 0 Å². The first-order valence-electron chi connectivity index (χ1n) is 2.63. The largest absolute Gasteiger partial charge is 1.00 e. The van der Waals surface area contributed by atoms with E-state index in [0.717, 1.165) is 13.2 Å².